The van der Waals surface area contributed by atoms with E-state index < -0.39 is 40.7 Å². The standard InChI is InChI=1S/C18H22ClF2N3O2/c19-15-12(20)7-6-11(16(15)21)13(8-10-4-2-1-3-5-10)23-17(25)14-9-22-18(26)24-14/h6-7,10,13-14H,1-5,8-9H2,(H,23,25)(H2,22,24,26)/t13?,14-/m0/s1. The fraction of sp³-hybridized carbons (Fsp3) is 0.556. The molecule has 1 saturated heterocycles. The first-order chi connectivity index (χ1) is 12.5. The lowest BCUT2D eigenvalue weighted by Gasteiger charge is -2.28. The Kier molecular flexibility index (Phi) is 5.96. The fourth-order valence-corrected chi connectivity index (χ4v) is 3.89. The van der Waals surface area contributed by atoms with E-state index in [1.54, 1.807) is 0 Å². The molecule has 142 valence electrons. The zero-order chi connectivity index (χ0) is 18.7. The minimum atomic E-state index is -0.846. The second-order valence-corrected chi connectivity index (χ2v) is 7.35. The summed E-state index contributed by atoms with van der Waals surface area (Å²) in [5.41, 5.74) is 0.174. The summed E-state index contributed by atoms with van der Waals surface area (Å²) in [6.45, 7) is 0.174. The number of rotatable bonds is 5. The van der Waals surface area contributed by atoms with Crippen LogP contribution < -0.4 is 16.0 Å². The quantitative estimate of drug-likeness (QED) is 0.679. The fourth-order valence-electron chi connectivity index (χ4n) is 3.72. The normalized spacial score (nSPS) is 21.8. The Balaban J connectivity index is 1.80. The van der Waals surface area contributed by atoms with Crippen molar-refractivity contribution >= 4 is 23.5 Å². The molecule has 0 bridgehead atoms. The molecule has 8 heteroatoms. The molecule has 0 spiro atoms. The third-order valence-corrected chi connectivity index (χ3v) is 5.49. The summed E-state index contributed by atoms with van der Waals surface area (Å²) in [4.78, 5) is 23.7. The summed E-state index contributed by atoms with van der Waals surface area (Å²) in [6.07, 6.45) is 6.00. The predicted octanol–water partition coefficient (Wildman–Crippen LogP) is 3.43. The lowest BCUT2D eigenvalue weighted by Crippen LogP contribution is -2.44. The molecular weight excluding hydrogens is 364 g/mol. The number of amides is 3. The molecule has 1 aromatic carbocycles. The molecule has 1 saturated carbocycles. The van der Waals surface area contributed by atoms with E-state index in [0.29, 0.717) is 12.3 Å². The van der Waals surface area contributed by atoms with Crippen molar-refractivity contribution in [3.05, 3.63) is 34.4 Å². The topological polar surface area (TPSA) is 70.2 Å². The van der Waals surface area contributed by atoms with Crippen LogP contribution in [0, 0.1) is 17.6 Å². The molecule has 1 unspecified atom stereocenters. The molecule has 2 aliphatic rings. The van der Waals surface area contributed by atoms with Crippen LogP contribution in [0.25, 0.3) is 0 Å². The first-order valence-corrected chi connectivity index (χ1v) is 9.31. The molecule has 5 nitrogen and oxygen atoms in total. The first kappa shape index (κ1) is 18.9. The van der Waals surface area contributed by atoms with E-state index in [9.17, 15) is 18.4 Å². The number of halogens is 3. The zero-order valence-corrected chi connectivity index (χ0v) is 15.0. The molecule has 1 aromatic rings. The minimum Gasteiger partial charge on any atom is -0.347 e. The highest BCUT2D eigenvalue weighted by molar-refractivity contribution is 6.31. The molecule has 0 radical (unpaired) electrons. The third-order valence-electron chi connectivity index (χ3n) is 5.14. The lowest BCUT2D eigenvalue weighted by molar-refractivity contribution is -0.123. The van der Waals surface area contributed by atoms with Gasteiger partial charge in [0, 0.05) is 12.1 Å². The molecule has 2 fully saturated rings. The Labute approximate surface area is 155 Å². The summed E-state index contributed by atoms with van der Waals surface area (Å²) in [5, 5.41) is 7.27. The molecule has 3 rings (SSSR count). The van der Waals surface area contributed by atoms with E-state index in [4.69, 9.17) is 11.6 Å². The molecule has 1 aliphatic heterocycles. The van der Waals surface area contributed by atoms with Crippen LogP contribution >= 0.6 is 11.6 Å². The summed E-state index contributed by atoms with van der Waals surface area (Å²) >= 11 is 5.72. The van der Waals surface area contributed by atoms with Crippen molar-refractivity contribution < 1.29 is 18.4 Å². The van der Waals surface area contributed by atoms with E-state index >= 15 is 0 Å². The van der Waals surface area contributed by atoms with Crippen LogP contribution in [0.5, 0.6) is 0 Å². The monoisotopic (exact) mass is 385 g/mol. The van der Waals surface area contributed by atoms with Crippen molar-refractivity contribution in [2.45, 2.75) is 50.6 Å². The van der Waals surface area contributed by atoms with E-state index in [1.807, 2.05) is 0 Å². The Bertz CT molecular complexity index is 695. The van der Waals surface area contributed by atoms with Crippen LogP contribution in [0.1, 0.15) is 50.1 Å². The Morgan fingerprint density at radius 3 is 2.65 bits per heavy atom. The van der Waals surface area contributed by atoms with Crippen LogP contribution in [0.4, 0.5) is 13.6 Å². The smallest absolute Gasteiger partial charge is 0.315 e. The molecule has 1 aliphatic carbocycles. The largest absolute Gasteiger partial charge is 0.347 e. The summed E-state index contributed by atoms with van der Waals surface area (Å²) < 4.78 is 28.1. The summed E-state index contributed by atoms with van der Waals surface area (Å²) in [7, 11) is 0. The predicted molar refractivity (Wildman–Crippen MR) is 93.8 cm³/mol. The zero-order valence-electron chi connectivity index (χ0n) is 14.3. The molecule has 3 amide bonds. The SMILES string of the molecule is O=C1NC[C@@H](C(=O)NC(CC2CCCCC2)c2ccc(F)c(Cl)c2F)N1. The summed E-state index contributed by atoms with van der Waals surface area (Å²) in [5.74, 6) is -1.72. The van der Waals surface area contributed by atoms with Crippen molar-refractivity contribution in [1.82, 2.24) is 16.0 Å². The highest BCUT2D eigenvalue weighted by atomic mass is 35.5. The van der Waals surface area contributed by atoms with Crippen molar-refractivity contribution in [3.8, 4) is 0 Å². The van der Waals surface area contributed by atoms with E-state index in [2.05, 4.69) is 16.0 Å². The van der Waals surface area contributed by atoms with Gasteiger partial charge in [-0.15, -0.1) is 0 Å². The Hall–Kier alpha value is -1.89. The minimum absolute atomic E-state index is 0.174. The van der Waals surface area contributed by atoms with Gasteiger partial charge in [-0.05, 0) is 18.4 Å². The maximum Gasteiger partial charge on any atom is 0.315 e. The van der Waals surface area contributed by atoms with Gasteiger partial charge >= 0.3 is 6.03 Å². The molecule has 3 N–H and O–H groups in total. The van der Waals surface area contributed by atoms with Gasteiger partial charge in [-0.3, -0.25) is 4.79 Å². The third kappa shape index (κ3) is 4.26. The Morgan fingerprint density at radius 1 is 1.27 bits per heavy atom. The van der Waals surface area contributed by atoms with Gasteiger partial charge in [-0.1, -0.05) is 49.8 Å². The lowest BCUT2D eigenvalue weighted by atomic mass is 9.83. The average Bonchev–Trinajstić information content (AvgIpc) is 3.07. The van der Waals surface area contributed by atoms with E-state index in [0.717, 1.165) is 31.7 Å². The first-order valence-electron chi connectivity index (χ1n) is 8.94. The van der Waals surface area contributed by atoms with Crippen LogP contribution in [0.3, 0.4) is 0 Å². The van der Waals surface area contributed by atoms with Gasteiger partial charge in [0.25, 0.3) is 0 Å². The van der Waals surface area contributed by atoms with Gasteiger partial charge in [0.05, 0.1) is 6.04 Å². The van der Waals surface area contributed by atoms with Crippen LogP contribution in [0.15, 0.2) is 12.1 Å². The number of hydrogen-bond acceptors (Lipinski definition) is 2. The number of hydrogen-bond donors (Lipinski definition) is 3. The second-order valence-electron chi connectivity index (χ2n) is 6.97. The van der Waals surface area contributed by atoms with Crippen LogP contribution in [-0.4, -0.2) is 24.5 Å². The number of nitrogens with one attached hydrogen (secondary N) is 3. The highest BCUT2D eigenvalue weighted by Crippen LogP contribution is 2.34. The van der Waals surface area contributed by atoms with Crippen LogP contribution in [0.2, 0.25) is 5.02 Å². The second kappa shape index (κ2) is 8.20. The Morgan fingerprint density at radius 2 is 2.00 bits per heavy atom. The molecule has 26 heavy (non-hydrogen) atoms. The van der Waals surface area contributed by atoms with E-state index in [1.165, 1.54) is 12.5 Å². The van der Waals surface area contributed by atoms with Crippen molar-refractivity contribution in [2.75, 3.05) is 6.54 Å². The number of benzene rings is 1. The maximum absolute atomic E-state index is 14.6. The molecule has 1 heterocycles. The maximum atomic E-state index is 14.6. The number of urea groups is 1. The summed E-state index contributed by atoms with van der Waals surface area (Å²) in [6, 6.07) is 0.691. The molecule has 2 atom stereocenters. The van der Waals surface area contributed by atoms with Gasteiger partial charge in [-0.2, -0.15) is 0 Å². The van der Waals surface area contributed by atoms with Gasteiger partial charge < -0.3 is 16.0 Å². The molecule has 0 aromatic heterocycles. The average molecular weight is 386 g/mol. The van der Waals surface area contributed by atoms with Gasteiger partial charge in [-0.25, -0.2) is 13.6 Å². The van der Waals surface area contributed by atoms with Gasteiger partial charge in [0.15, 0.2) is 0 Å². The highest BCUT2D eigenvalue weighted by Gasteiger charge is 2.31. The number of carbonyl (C=O) groups is 2. The van der Waals surface area contributed by atoms with Crippen molar-refractivity contribution in [1.29, 1.82) is 0 Å². The van der Waals surface area contributed by atoms with Crippen molar-refractivity contribution in [3.63, 3.8) is 0 Å². The van der Waals surface area contributed by atoms with Gasteiger partial charge in [0.2, 0.25) is 5.91 Å². The molecular formula is C18H22ClF2N3O2. The van der Waals surface area contributed by atoms with Crippen molar-refractivity contribution in [2.24, 2.45) is 5.92 Å². The van der Waals surface area contributed by atoms with Crippen LogP contribution in [-0.2, 0) is 4.79 Å². The van der Waals surface area contributed by atoms with E-state index in [-0.39, 0.29) is 12.1 Å². The number of carbonyl (C=O) groups excluding carboxylic acids is 2. The van der Waals surface area contributed by atoms with Gasteiger partial charge in [0.1, 0.15) is 22.7 Å².